The quantitative estimate of drug-likeness (QED) is 0.241. The normalized spacial score (nSPS) is 9.76. The molecule has 0 radical (unpaired) electrons. The van der Waals surface area contributed by atoms with E-state index in [4.69, 9.17) is 19.2 Å². The molecule has 0 aliphatic rings. The molecular weight excluding hydrogens is 551 g/mol. The Balaban J connectivity index is 0.000000580. The van der Waals surface area contributed by atoms with Gasteiger partial charge in [0.25, 0.3) is 0 Å². The molecule has 11 heteroatoms. The second kappa shape index (κ2) is 13.5. The average molecular weight is 568 g/mol. The zero-order valence-electron chi connectivity index (χ0n) is 19.1. The number of hydrogen-bond donors (Lipinski definition) is 1. The van der Waals surface area contributed by atoms with Crippen LogP contribution in [0.25, 0.3) is 39.7 Å². The van der Waals surface area contributed by atoms with Crippen LogP contribution in [-0.2, 0) is 30.4 Å². The molecule has 0 fully saturated rings. The van der Waals surface area contributed by atoms with Crippen molar-refractivity contribution in [1.82, 2.24) is 4.98 Å². The Labute approximate surface area is 227 Å². The van der Waals surface area contributed by atoms with Gasteiger partial charge in [0.05, 0.1) is 6.42 Å². The van der Waals surface area contributed by atoms with E-state index in [1.54, 1.807) is 40.2 Å². The first-order valence-corrected chi connectivity index (χ1v) is 13.7. The number of pyridine rings is 1. The largest absolute Gasteiger partial charge is 0.481 e. The average Bonchev–Trinajstić information content (AvgIpc) is 3.67. The number of carbonyl (C=O) groups excluding carboxylic acids is 4. The third-order valence-corrected chi connectivity index (χ3v) is 9.81. The van der Waals surface area contributed by atoms with Gasteiger partial charge in [-0.25, -0.2) is 0 Å². The summed E-state index contributed by atoms with van der Waals surface area (Å²) in [4.78, 5) is 56.5. The van der Waals surface area contributed by atoms with Gasteiger partial charge in [0.1, 0.15) is 0 Å². The standard InChI is InChI=1S/C24H17NO2S4.2CO2/c1-14-10-21(17-5-3-9-28-17)31-23(14)18-6-7-19(29-18)24-16(12-22(26)27)11-20(30-24)15-4-2-8-25-13-15;2*2-1-3/h2-11,13H,12H2,1H3,(H,26,27);;. The highest BCUT2D eigenvalue weighted by Gasteiger charge is 2.18. The topological polar surface area (TPSA) is 118 Å². The third-order valence-electron chi connectivity index (χ3n) is 4.83. The van der Waals surface area contributed by atoms with Gasteiger partial charge in [-0.3, -0.25) is 9.78 Å². The van der Waals surface area contributed by atoms with E-state index < -0.39 is 5.97 Å². The first kappa shape index (κ1) is 27.8. The van der Waals surface area contributed by atoms with E-state index in [9.17, 15) is 9.90 Å². The summed E-state index contributed by atoms with van der Waals surface area (Å²) in [6.07, 6.45) is 4.08. The Morgan fingerprint density at radius 3 is 2.11 bits per heavy atom. The number of aryl methyl sites for hydroxylation is 1. The maximum atomic E-state index is 11.5. The highest BCUT2D eigenvalue weighted by atomic mass is 32.1. The van der Waals surface area contributed by atoms with Gasteiger partial charge in [0.2, 0.25) is 0 Å². The van der Waals surface area contributed by atoms with E-state index in [0.717, 1.165) is 25.8 Å². The maximum absolute atomic E-state index is 11.5. The fraction of sp³-hybridized carbons (Fsp3) is 0.0769. The number of aliphatic carboxylic acids is 1. The van der Waals surface area contributed by atoms with Crippen LogP contribution in [0.5, 0.6) is 0 Å². The summed E-state index contributed by atoms with van der Waals surface area (Å²) in [7, 11) is 0. The highest BCUT2D eigenvalue weighted by molar-refractivity contribution is 7.29. The first-order valence-electron chi connectivity index (χ1n) is 10.4. The van der Waals surface area contributed by atoms with Crippen molar-refractivity contribution in [3.8, 4) is 39.7 Å². The van der Waals surface area contributed by atoms with Gasteiger partial charge in [-0.15, -0.1) is 45.3 Å². The minimum atomic E-state index is -0.816. The molecule has 0 saturated carbocycles. The molecule has 0 atom stereocenters. The van der Waals surface area contributed by atoms with Gasteiger partial charge < -0.3 is 5.11 Å². The molecule has 0 spiro atoms. The van der Waals surface area contributed by atoms with Crippen molar-refractivity contribution in [2.45, 2.75) is 13.3 Å². The van der Waals surface area contributed by atoms with Gasteiger partial charge in [0.15, 0.2) is 0 Å². The lowest BCUT2D eigenvalue weighted by molar-refractivity contribution is -0.193. The molecule has 7 nitrogen and oxygen atoms in total. The highest BCUT2D eigenvalue weighted by Crippen LogP contribution is 2.46. The van der Waals surface area contributed by atoms with Crippen molar-refractivity contribution in [3.05, 3.63) is 77.4 Å². The smallest absolute Gasteiger partial charge is 0.373 e. The predicted molar refractivity (Wildman–Crippen MR) is 144 cm³/mol. The van der Waals surface area contributed by atoms with Crippen LogP contribution < -0.4 is 0 Å². The van der Waals surface area contributed by atoms with E-state index in [-0.39, 0.29) is 18.7 Å². The summed E-state index contributed by atoms with van der Waals surface area (Å²) in [6, 6.07) is 16.7. The van der Waals surface area contributed by atoms with E-state index in [1.807, 2.05) is 35.7 Å². The second-order valence-corrected chi connectivity index (χ2v) is 11.3. The molecule has 5 heterocycles. The Bertz CT molecular complexity index is 1520. The van der Waals surface area contributed by atoms with Crippen LogP contribution >= 0.6 is 45.3 Å². The van der Waals surface area contributed by atoms with Crippen LogP contribution in [0.2, 0.25) is 0 Å². The molecule has 5 aromatic rings. The Morgan fingerprint density at radius 1 is 0.838 bits per heavy atom. The number of aromatic nitrogens is 1. The van der Waals surface area contributed by atoms with Gasteiger partial charge in [-0.1, -0.05) is 12.1 Å². The lowest BCUT2D eigenvalue weighted by Gasteiger charge is -1.98. The van der Waals surface area contributed by atoms with Crippen molar-refractivity contribution < 1.29 is 29.1 Å². The fourth-order valence-corrected chi connectivity index (χ4v) is 7.93. The molecule has 186 valence electrons. The van der Waals surface area contributed by atoms with E-state index >= 15 is 0 Å². The molecule has 0 unspecified atom stereocenters. The summed E-state index contributed by atoms with van der Waals surface area (Å²) in [5.41, 5.74) is 3.14. The molecule has 37 heavy (non-hydrogen) atoms. The molecule has 0 aliphatic heterocycles. The first-order chi connectivity index (χ1) is 17.9. The molecule has 0 aromatic carbocycles. The zero-order valence-corrected chi connectivity index (χ0v) is 22.4. The summed E-state index contributed by atoms with van der Waals surface area (Å²) in [5.74, 6) is -0.816. The van der Waals surface area contributed by atoms with Crippen molar-refractivity contribution in [1.29, 1.82) is 0 Å². The number of rotatable bonds is 6. The number of carbonyl (C=O) groups is 1. The van der Waals surface area contributed by atoms with Crippen LogP contribution in [0.15, 0.2) is 66.3 Å². The molecule has 5 aromatic heterocycles. The number of hydrogen-bond acceptors (Lipinski definition) is 10. The van der Waals surface area contributed by atoms with E-state index in [1.165, 1.54) is 25.1 Å². The van der Waals surface area contributed by atoms with Crippen molar-refractivity contribution in [2.24, 2.45) is 0 Å². The zero-order chi connectivity index (χ0) is 26.8. The van der Waals surface area contributed by atoms with Crippen LogP contribution in [0.3, 0.4) is 0 Å². The van der Waals surface area contributed by atoms with Gasteiger partial charge in [-0.05, 0) is 59.8 Å². The fourth-order valence-electron chi connectivity index (χ4n) is 3.43. The third kappa shape index (κ3) is 7.12. The summed E-state index contributed by atoms with van der Waals surface area (Å²) < 4.78 is 0. The number of nitrogens with zero attached hydrogens (tertiary/aromatic N) is 1. The summed E-state index contributed by atoms with van der Waals surface area (Å²) in [5, 5.41) is 11.5. The molecule has 0 saturated heterocycles. The van der Waals surface area contributed by atoms with Gasteiger partial charge in [0, 0.05) is 52.1 Å². The molecule has 0 bridgehead atoms. The SMILES string of the molecule is Cc1cc(-c2cccs2)sc1-c1ccc(-c2sc(-c3cccnc3)cc2CC(=O)O)s1.O=C=O.O=C=O. The lowest BCUT2D eigenvalue weighted by atomic mass is 10.1. The molecule has 0 amide bonds. The molecule has 1 N–H and O–H groups in total. The van der Waals surface area contributed by atoms with Crippen molar-refractivity contribution in [3.63, 3.8) is 0 Å². The second-order valence-electron chi connectivity index (χ2n) is 7.21. The van der Waals surface area contributed by atoms with Crippen LogP contribution in [0.4, 0.5) is 0 Å². The molecule has 5 rings (SSSR count). The molecule has 0 aliphatic carbocycles. The van der Waals surface area contributed by atoms with Crippen LogP contribution in [0, 0.1) is 6.92 Å². The number of carboxylic acids is 1. The van der Waals surface area contributed by atoms with Crippen molar-refractivity contribution >= 4 is 63.6 Å². The Kier molecular flexibility index (Phi) is 10.1. The van der Waals surface area contributed by atoms with Crippen LogP contribution in [0.1, 0.15) is 11.1 Å². The lowest BCUT2D eigenvalue weighted by Crippen LogP contribution is -1.99. The van der Waals surface area contributed by atoms with Gasteiger partial charge in [-0.2, -0.15) is 19.2 Å². The Morgan fingerprint density at radius 2 is 1.51 bits per heavy atom. The van der Waals surface area contributed by atoms with Gasteiger partial charge >= 0.3 is 18.3 Å². The van der Waals surface area contributed by atoms with Crippen LogP contribution in [-0.4, -0.2) is 28.4 Å². The minimum absolute atomic E-state index is 0.0138. The number of carboxylic acid groups (broad SMARTS) is 1. The number of thiophene rings is 4. The maximum Gasteiger partial charge on any atom is 0.373 e. The van der Waals surface area contributed by atoms with Crippen molar-refractivity contribution in [2.75, 3.05) is 0 Å². The minimum Gasteiger partial charge on any atom is -0.481 e. The van der Waals surface area contributed by atoms with E-state index in [2.05, 4.69) is 47.6 Å². The Hall–Kier alpha value is -3.82. The molecular formula is C26H17NO6S4. The van der Waals surface area contributed by atoms with E-state index in [0.29, 0.717) is 0 Å². The monoisotopic (exact) mass is 567 g/mol. The summed E-state index contributed by atoms with van der Waals surface area (Å²) >= 11 is 6.94. The predicted octanol–water partition coefficient (Wildman–Crippen LogP) is 6.76. The summed E-state index contributed by atoms with van der Waals surface area (Å²) in [6.45, 7) is 2.16.